The molecule has 1 saturated heterocycles. The zero-order valence-electron chi connectivity index (χ0n) is 12.9. The second-order valence-corrected chi connectivity index (χ2v) is 6.22. The molecule has 1 aliphatic rings. The third-order valence-electron chi connectivity index (χ3n) is 3.48. The van der Waals surface area contributed by atoms with E-state index in [1.807, 2.05) is 11.8 Å². The summed E-state index contributed by atoms with van der Waals surface area (Å²) in [5, 5.41) is 9.98. The standard InChI is InChI=1S/C16H22O5S/c1-3-20-16(18)15(17)11-4-5-13(14(10-11)19-2)21-12-6-8-22-9-7-12/h4-5,10,12,15,17H,3,6-9H2,1-2H3. The number of methoxy groups -OCH3 is 1. The Balaban J connectivity index is 2.11. The lowest BCUT2D eigenvalue weighted by Crippen LogP contribution is -2.22. The molecule has 1 unspecified atom stereocenters. The van der Waals surface area contributed by atoms with Gasteiger partial charge in [0.05, 0.1) is 13.7 Å². The minimum atomic E-state index is -1.31. The first kappa shape index (κ1) is 17.0. The van der Waals surface area contributed by atoms with Crippen molar-refractivity contribution in [3.8, 4) is 11.5 Å². The molecule has 6 heteroatoms. The van der Waals surface area contributed by atoms with Crippen LogP contribution in [0.3, 0.4) is 0 Å². The van der Waals surface area contributed by atoms with Gasteiger partial charge < -0.3 is 19.3 Å². The third-order valence-corrected chi connectivity index (χ3v) is 4.52. The zero-order valence-corrected chi connectivity index (χ0v) is 13.7. The number of benzene rings is 1. The number of carbonyl (C=O) groups excluding carboxylic acids is 1. The van der Waals surface area contributed by atoms with Crippen LogP contribution in [-0.2, 0) is 9.53 Å². The molecule has 1 aliphatic heterocycles. The molecule has 0 aromatic heterocycles. The summed E-state index contributed by atoms with van der Waals surface area (Å²) in [4.78, 5) is 11.6. The van der Waals surface area contributed by atoms with Crippen molar-refractivity contribution in [3.63, 3.8) is 0 Å². The number of hydrogen-bond acceptors (Lipinski definition) is 6. The van der Waals surface area contributed by atoms with Gasteiger partial charge in [0.25, 0.3) is 0 Å². The maximum atomic E-state index is 11.6. The average molecular weight is 326 g/mol. The molecule has 0 spiro atoms. The SMILES string of the molecule is CCOC(=O)C(O)c1ccc(OC2CCSCC2)c(OC)c1. The van der Waals surface area contributed by atoms with E-state index in [1.165, 1.54) is 0 Å². The van der Waals surface area contributed by atoms with Crippen LogP contribution in [0, 0.1) is 0 Å². The van der Waals surface area contributed by atoms with Crippen LogP contribution in [0.2, 0.25) is 0 Å². The lowest BCUT2D eigenvalue weighted by molar-refractivity contribution is -0.153. The summed E-state index contributed by atoms with van der Waals surface area (Å²) < 4.78 is 16.1. The molecule has 22 heavy (non-hydrogen) atoms. The molecule has 0 saturated carbocycles. The summed E-state index contributed by atoms with van der Waals surface area (Å²) in [6.07, 6.45) is 0.909. The van der Waals surface area contributed by atoms with Crippen LogP contribution < -0.4 is 9.47 Å². The van der Waals surface area contributed by atoms with Gasteiger partial charge in [0.15, 0.2) is 17.6 Å². The van der Waals surface area contributed by atoms with Crippen molar-refractivity contribution in [2.24, 2.45) is 0 Å². The van der Waals surface area contributed by atoms with E-state index in [1.54, 1.807) is 32.2 Å². The first-order valence-corrected chi connectivity index (χ1v) is 8.58. The molecule has 0 radical (unpaired) electrons. The Morgan fingerprint density at radius 3 is 2.73 bits per heavy atom. The fourth-order valence-corrected chi connectivity index (χ4v) is 3.35. The molecule has 1 aromatic rings. The van der Waals surface area contributed by atoms with E-state index in [0.717, 1.165) is 24.3 Å². The largest absolute Gasteiger partial charge is 0.493 e. The summed E-state index contributed by atoms with van der Waals surface area (Å²) in [6.45, 7) is 1.93. The number of hydrogen-bond donors (Lipinski definition) is 1. The second-order valence-electron chi connectivity index (χ2n) is 4.99. The van der Waals surface area contributed by atoms with E-state index in [0.29, 0.717) is 17.1 Å². The van der Waals surface area contributed by atoms with Gasteiger partial charge in [0.2, 0.25) is 0 Å². The van der Waals surface area contributed by atoms with Crippen molar-refractivity contribution < 1.29 is 24.1 Å². The Morgan fingerprint density at radius 2 is 2.09 bits per heavy atom. The second kappa shape index (κ2) is 8.29. The highest BCUT2D eigenvalue weighted by Gasteiger charge is 2.22. The van der Waals surface area contributed by atoms with E-state index < -0.39 is 12.1 Å². The Kier molecular flexibility index (Phi) is 6.39. The minimum Gasteiger partial charge on any atom is -0.493 e. The number of aliphatic hydroxyl groups is 1. The summed E-state index contributed by atoms with van der Waals surface area (Å²) in [5.74, 6) is 2.69. The van der Waals surface area contributed by atoms with Crippen LogP contribution in [0.25, 0.3) is 0 Å². The molecule has 1 atom stereocenters. The maximum Gasteiger partial charge on any atom is 0.339 e. The van der Waals surface area contributed by atoms with E-state index in [-0.39, 0.29) is 12.7 Å². The molecule has 1 N–H and O–H groups in total. The van der Waals surface area contributed by atoms with Crippen molar-refractivity contribution in [1.29, 1.82) is 0 Å². The summed E-state index contributed by atoms with van der Waals surface area (Å²) in [5.41, 5.74) is 0.432. The van der Waals surface area contributed by atoms with Crippen LogP contribution in [0.1, 0.15) is 31.4 Å². The molecule has 0 bridgehead atoms. The number of aliphatic hydroxyl groups excluding tert-OH is 1. The van der Waals surface area contributed by atoms with Crippen LogP contribution in [0.5, 0.6) is 11.5 Å². The van der Waals surface area contributed by atoms with Gasteiger partial charge in [-0.15, -0.1) is 0 Å². The molecular weight excluding hydrogens is 304 g/mol. The number of esters is 1. The highest BCUT2D eigenvalue weighted by atomic mass is 32.2. The molecule has 1 fully saturated rings. The van der Waals surface area contributed by atoms with E-state index in [9.17, 15) is 9.90 Å². The van der Waals surface area contributed by atoms with Gasteiger partial charge in [0.1, 0.15) is 6.10 Å². The average Bonchev–Trinajstić information content (AvgIpc) is 2.55. The Bertz CT molecular complexity index is 499. The molecule has 2 rings (SSSR count). The summed E-state index contributed by atoms with van der Waals surface area (Å²) >= 11 is 1.94. The van der Waals surface area contributed by atoms with Crippen LogP contribution in [0.4, 0.5) is 0 Å². The van der Waals surface area contributed by atoms with E-state index >= 15 is 0 Å². The number of carbonyl (C=O) groups is 1. The first-order valence-electron chi connectivity index (χ1n) is 7.42. The Hall–Kier alpha value is -1.40. The first-order chi connectivity index (χ1) is 10.7. The lowest BCUT2D eigenvalue weighted by Gasteiger charge is -2.24. The van der Waals surface area contributed by atoms with Crippen molar-refractivity contribution in [2.45, 2.75) is 32.0 Å². The molecule has 0 amide bonds. The number of rotatable bonds is 6. The molecule has 0 aliphatic carbocycles. The normalized spacial score (nSPS) is 16.9. The van der Waals surface area contributed by atoms with Crippen molar-refractivity contribution >= 4 is 17.7 Å². The van der Waals surface area contributed by atoms with Crippen LogP contribution in [0.15, 0.2) is 18.2 Å². The molecule has 1 aromatic carbocycles. The highest BCUT2D eigenvalue weighted by molar-refractivity contribution is 7.99. The number of ether oxygens (including phenoxy) is 3. The lowest BCUT2D eigenvalue weighted by atomic mass is 10.1. The van der Waals surface area contributed by atoms with Gasteiger partial charge in [0, 0.05) is 0 Å². The molecule has 5 nitrogen and oxygen atoms in total. The predicted octanol–water partition coefficient (Wildman–Crippen LogP) is 2.57. The predicted molar refractivity (Wildman–Crippen MR) is 85.6 cm³/mol. The van der Waals surface area contributed by atoms with Gasteiger partial charge in [-0.1, -0.05) is 6.07 Å². The highest BCUT2D eigenvalue weighted by Crippen LogP contribution is 2.33. The van der Waals surface area contributed by atoms with Gasteiger partial charge in [-0.05, 0) is 49.0 Å². The van der Waals surface area contributed by atoms with Crippen LogP contribution >= 0.6 is 11.8 Å². The summed E-state index contributed by atoms with van der Waals surface area (Å²) in [7, 11) is 1.54. The smallest absolute Gasteiger partial charge is 0.339 e. The van der Waals surface area contributed by atoms with Crippen LogP contribution in [-0.4, -0.2) is 42.4 Å². The molecule has 122 valence electrons. The van der Waals surface area contributed by atoms with Gasteiger partial charge >= 0.3 is 5.97 Å². The van der Waals surface area contributed by atoms with Crippen molar-refractivity contribution in [1.82, 2.24) is 0 Å². The van der Waals surface area contributed by atoms with E-state index in [2.05, 4.69) is 0 Å². The Morgan fingerprint density at radius 1 is 1.36 bits per heavy atom. The van der Waals surface area contributed by atoms with E-state index in [4.69, 9.17) is 14.2 Å². The fraction of sp³-hybridized carbons (Fsp3) is 0.562. The maximum absolute atomic E-state index is 11.6. The Labute approximate surface area is 134 Å². The summed E-state index contributed by atoms with van der Waals surface area (Å²) in [6, 6.07) is 5.02. The topological polar surface area (TPSA) is 65.0 Å². The van der Waals surface area contributed by atoms with Gasteiger partial charge in [-0.25, -0.2) is 4.79 Å². The monoisotopic (exact) mass is 326 g/mol. The molecule has 1 heterocycles. The fourth-order valence-electron chi connectivity index (χ4n) is 2.28. The number of thioether (sulfide) groups is 1. The van der Waals surface area contributed by atoms with Gasteiger partial charge in [-0.3, -0.25) is 0 Å². The van der Waals surface area contributed by atoms with Gasteiger partial charge in [-0.2, -0.15) is 11.8 Å². The minimum absolute atomic E-state index is 0.191. The van der Waals surface area contributed by atoms with Crippen molar-refractivity contribution in [3.05, 3.63) is 23.8 Å². The zero-order chi connectivity index (χ0) is 15.9. The molecular formula is C16H22O5S. The quantitative estimate of drug-likeness (QED) is 0.811. The van der Waals surface area contributed by atoms with Crippen molar-refractivity contribution in [2.75, 3.05) is 25.2 Å². The third kappa shape index (κ3) is 4.30.